The summed E-state index contributed by atoms with van der Waals surface area (Å²) in [5.74, 6) is -52.4. The minimum absolute atomic E-state index is 1.31. The maximum Gasteiger partial charge on any atom is 0.457 e. The monoisotopic (exact) mass is 638 g/mol. The van der Waals surface area contributed by atoms with Crippen molar-refractivity contribution < 1.29 is 111 Å². The van der Waals surface area contributed by atoms with Gasteiger partial charge in [0.1, 0.15) is 0 Å². The van der Waals surface area contributed by atoms with E-state index in [1.807, 2.05) is 0 Å². The molecule has 0 heterocycles. The van der Waals surface area contributed by atoms with Gasteiger partial charge in [0, 0.05) is 0 Å². The normalized spacial score (nSPS) is 45.2. The molecule has 39 heavy (non-hydrogen) atoms. The Labute approximate surface area is 194 Å². The third-order valence-corrected chi connectivity index (χ3v) is 6.74. The molecule has 4 saturated carbocycles. The molecule has 25 heteroatoms. The summed E-state index contributed by atoms with van der Waals surface area (Å²) in [6.07, 6.45) is -25.5. The molecule has 1 N–H and O–H groups in total. The molecule has 2 nitrogen and oxygen atoms in total. The van der Waals surface area contributed by atoms with Crippen LogP contribution in [0.15, 0.2) is 0 Å². The molecular formula is C14HF23O2. The van der Waals surface area contributed by atoms with Crippen molar-refractivity contribution in [1.82, 2.24) is 0 Å². The highest BCUT2D eigenvalue weighted by molar-refractivity contribution is 5.56. The summed E-state index contributed by atoms with van der Waals surface area (Å²) >= 11 is 0. The summed E-state index contributed by atoms with van der Waals surface area (Å²) < 4.78 is 325. The molecule has 230 valence electrons. The largest absolute Gasteiger partial charge is 0.457 e. The van der Waals surface area contributed by atoms with Crippen molar-refractivity contribution in [2.24, 2.45) is 0 Å². The molecule has 0 aliphatic heterocycles. The molecular weight excluding hydrogens is 637 g/mol. The molecule has 0 aromatic heterocycles. The number of ether oxygens (including phenoxy) is 1. The minimum atomic E-state index is -9.22. The Morgan fingerprint density at radius 2 is 0.641 bits per heavy atom. The molecule has 4 rings (SSSR count). The maximum absolute atomic E-state index is 15.4. The molecule has 4 aliphatic rings. The highest BCUT2D eigenvalue weighted by atomic mass is 19.4. The van der Waals surface area contributed by atoms with Crippen LogP contribution < -0.4 is 0 Å². The Morgan fingerprint density at radius 1 is 0.410 bits per heavy atom. The predicted molar refractivity (Wildman–Crippen MR) is 67.0 cm³/mol. The molecule has 1 atom stereocenters. The van der Waals surface area contributed by atoms with E-state index in [9.17, 15) is 92.2 Å². The quantitative estimate of drug-likeness (QED) is 0.376. The molecule has 0 spiro atoms. The number of alkyl halides is 23. The van der Waals surface area contributed by atoms with Gasteiger partial charge in [-0.2, -0.15) is 83.4 Å². The fraction of sp³-hybridized carbons (Fsp3) is 1.00. The van der Waals surface area contributed by atoms with Crippen LogP contribution in [0, 0.1) is 0 Å². The lowest BCUT2D eigenvalue weighted by Gasteiger charge is -2.76. The van der Waals surface area contributed by atoms with E-state index in [0.717, 1.165) is 0 Å². The van der Waals surface area contributed by atoms with E-state index in [4.69, 9.17) is 5.11 Å². The molecule has 0 saturated heterocycles. The van der Waals surface area contributed by atoms with Gasteiger partial charge in [0.25, 0.3) is 16.9 Å². The van der Waals surface area contributed by atoms with Crippen molar-refractivity contribution in [3.63, 3.8) is 0 Å². The van der Waals surface area contributed by atoms with Crippen LogP contribution in [0.3, 0.4) is 0 Å². The predicted octanol–water partition coefficient (Wildman–Crippen LogP) is 6.17. The van der Waals surface area contributed by atoms with E-state index in [-0.39, 0.29) is 0 Å². The highest BCUT2D eigenvalue weighted by Gasteiger charge is 3.25. The molecule has 0 aromatic carbocycles. The summed E-state index contributed by atoms with van der Waals surface area (Å²) in [4.78, 5) is 0. The summed E-state index contributed by atoms with van der Waals surface area (Å²) in [6.45, 7) is 0. The molecule has 0 radical (unpaired) electrons. The number of hydrogen-bond donors (Lipinski definition) is 1. The highest BCUT2D eigenvalue weighted by Crippen LogP contribution is 2.90. The second-order valence-corrected chi connectivity index (χ2v) is 8.42. The van der Waals surface area contributed by atoms with Gasteiger partial charge in [0.15, 0.2) is 0 Å². The van der Waals surface area contributed by atoms with Gasteiger partial charge in [-0.05, 0) is 0 Å². The zero-order valence-electron chi connectivity index (χ0n) is 16.5. The van der Waals surface area contributed by atoms with Crippen molar-refractivity contribution in [2.45, 2.75) is 82.2 Å². The average molecular weight is 638 g/mol. The van der Waals surface area contributed by atoms with E-state index in [1.54, 1.807) is 0 Å². The number of hydrogen-bond acceptors (Lipinski definition) is 2. The zero-order valence-corrected chi connectivity index (χ0v) is 16.5. The number of rotatable bonds is 3. The van der Waals surface area contributed by atoms with Crippen molar-refractivity contribution in [3.8, 4) is 0 Å². The first-order valence-corrected chi connectivity index (χ1v) is 8.73. The summed E-state index contributed by atoms with van der Waals surface area (Å²) in [5, 5.41) is 8.19. The molecule has 1 unspecified atom stereocenters. The van der Waals surface area contributed by atoms with Gasteiger partial charge >= 0.3 is 65.3 Å². The third-order valence-electron chi connectivity index (χ3n) is 6.74. The standard InChI is InChI=1S/C14HF23O2/c15-1-5(12(30,31)32,39-14(36,37)11(29,38)13(33,34)35)2(16)8(23,24)3(17,6(1,19)20)10(27,28)4(18,7(1,21)22)9(2,25)26/h38H. The maximum atomic E-state index is 15.4. The van der Waals surface area contributed by atoms with Crippen LogP contribution >= 0.6 is 0 Å². The van der Waals surface area contributed by atoms with E-state index >= 15 is 8.78 Å². The van der Waals surface area contributed by atoms with Gasteiger partial charge < -0.3 is 5.11 Å². The van der Waals surface area contributed by atoms with Gasteiger partial charge in [-0.1, -0.05) is 0 Å². The van der Waals surface area contributed by atoms with Crippen molar-refractivity contribution in [3.05, 3.63) is 0 Å². The number of aliphatic hydroxyl groups is 1. The van der Waals surface area contributed by atoms with Gasteiger partial charge in [-0.15, -0.1) is 0 Å². The van der Waals surface area contributed by atoms with E-state index in [2.05, 4.69) is 0 Å². The Bertz CT molecular complexity index is 993. The third kappa shape index (κ3) is 2.20. The molecule has 0 aromatic rings. The summed E-state index contributed by atoms with van der Waals surface area (Å²) in [5.41, 5.74) is -44.7. The number of halogens is 23. The Kier molecular flexibility index (Phi) is 5.32. The fourth-order valence-electron chi connectivity index (χ4n) is 4.90. The first kappa shape index (κ1) is 31.8. The van der Waals surface area contributed by atoms with Crippen LogP contribution in [0.1, 0.15) is 0 Å². The average Bonchev–Trinajstić information content (AvgIpc) is 2.69. The van der Waals surface area contributed by atoms with Crippen LogP contribution in [0.2, 0.25) is 0 Å². The fourth-order valence-corrected chi connectivity index (χ4v) is 4.90. The lowest BCUT2D eigenvalue weighted by molar-refractivity contribution is -0.636. The Balaban J connectivity index is 2.75. The molecule has 4 aliphatic carbocycles. The van der Waals surface area contributed by atoms with Crippen molar-refractivity contribution in [2.75, 3.05) is 0 Å². The molecule has 0 amide bonds. The minimum Gasteiger partial charge on any atom is -0.348 e. The van der Waals surface area contributed by atoms with Crippen LogP contribution in [-0.4, -0.2) is 87.3 Å². The van der Waals surface area contributed by atoms with Gasteiger partial charge in [0.2, 0.25) is 0 Å². The van der Waals surface area contributed by atoms with Crippen LogP contribution in [0.25, 0.3) is 0 Å². The van der Waals surface area contributed by atoms with E-state index in [1.165, 1.54) is 4.74 Å². The summed E-state index contributed by atoms with van der Waals surface area (Å²) in [6, 6.07) is 0. The van der Waals surface area contributed by atoms with Crippen LogP contribution in [-0.2, 0) is 4.74 Å². The Morgan fingerprint density at radius 3 is 0.846 bits per heavy atom. The van der Waals surface area contributed by atoms with Crippen molar-refractivity contribution >= 4 is 0 Å². The topological polar surface area (TPSA) is 29.5 Å². The second-order valence-electron chi connectivity index (χ2n) is 8.42. The summed E-state index contributed by atoms with van der Waals surface area (Å²) in [7, 11) is 0. The van der Waals surface area contributed by atoms with Gasteiger partial charge in [-0.3, -0.25) is 4.74 Å². The van der Waals surface area contributed by atoms with Gasteiger partial charge in [0.05, 0.1) is 0 Å². The molecule has 4 bridgehead atoms. The van der Waals surface area contributed by atoms with Crippen LogP contribution in [0.4, 0.5) is 101 Å². The lowest BCUT2D eigenvalue weighted by Crippen LogP contribution is -3.11. The van der Waals surface area contributed by atoms with Gasteiger partial charge in [-0.25, -0.2) is 17.6 Å². The zero-order chi connectivity index (χ0) is 31.7. The SMILES string of the molecule is OC(F)(C(F)(F)F)C(F)(F)OC1(C(F)(F)F)C2(F)C(F)(F)C3(F)C(F)(F)C(F)(C2(F)F)C(F)(F)C1(F)C3(F)F. The smallest absolute Gasteiger partial charge is 0.348 e. The van der Waals surface area contributed by atoms with E-state index < -0.39 is 82.2 Å². The first-order valence-electron chi connectivity index (χ1n) is 8.73. The van der Waals surface area contributed by atoms with Crippen molar-refractivity contribution in [1.29, 1.82) is 0 Å². The second kappa shape index (κ2) is 6.52. The van der Waals surface area contributed by atoms with E-state index in [0.29, 0.717) is 0 Å². The first-order chi connectivity index (χ1) is 16.5. The Hall–Kier alpha value is -1.69. The van der Waals surface area contributed by atoms with Crippen LogP contribution in [0.5, 0.6) is 0 Å². The molecule has 4 fully saturated rings. The lowest BCUT2D eigenvalue weighted by atomic mass is 9.37.